The van der Waals surface area contributed by atoms with Crippen molar-refractivity contribution in [3.63, 3.8) is 0 Å². The number of aromatic nitrogens is 2. The monoisotopic (exact) mass is 294 g/mol. The molecular formula is C15H26N4O2. The van der Waals surface area contributed by atoms with Gasteiger partial charge >= 0.3 is 6.03 Å². The molecule has 118 valence electrons. The van der Waals surface area contributed by atoms with Crippen molar-refractivity contribution in [2.45, 2.75) is 51.5 Å². The minimum absolute atomic E-state index is 0.0459. The average molecular weight is 294 g/mol. The van der Waals surface area contributed by atoms with Gasteiger partial charge in [-0.25, -0.2) is 4.79 Å². The van der Waals surface area contributed by atoms with E-state index in [2.05, 4.69) is 15.7 Å². The molecule has 1 aromatic heterocycles. The van der Waals surface area contributed by atoms with Crippen LogP contribution in [0.4, 0.5) is 10.6 Å². The maximum absolute atomic E-state index is 12.2. The summed E-state index contributed by atoms with van der Waals surface area (Å²) in [5, 5.41) is 19.3. The van der Waals surface area contributed by atoms with Crippen molar-refractivity contribution in [1.82, 2.24) is 15.1 Å². The summed E-state index contributed by atoms with van der Waals surface area (Å²) < 4.78 is 1.65. The number of hydrogen-bond acceptors (Lipinski definition) is 3. The Bertz CT molecular complexity index is 466. The van der Waals surface area contributed by atoms with Crippen molar-refractivity contribution in [1.29, 1.82) is 0 Å². The first-order chi connectivity index (χ1) is 10.1. The van der Waals surface area contributed by atoms with Gasteiger partial charge < -0.3 is 10.4 Å². The molecule has 21 heavy (non-hydrogen) atoms. The number of aliphatic hydroxyl groups excluding tert-OH is 1. The average Bonchev–Trinajstić information content (AvgIpc) is 2.77. The van der Waals surface area contributed by atoms with E-state index in [4.69, 9.17) is 0 Å². The Kier molecular flexibility index (Phi) is 5.61. The molecule has 0 saturated heterocycles. The number of urea groups is 1. The van der Waals surface area contributed by atoms with E-state index < -0.39 is 0 Å². The van der Waals surface area contributed by atoms with E-state index in [1.54, 1.807) is 11.7 Å². The van der Waals surface area contributed by atoms with Crippen LogP contribution in [0.1, 0.15) is 44.2 Å². The number of rotatable bonds is 5. The van der Waals surface area contributed by atoms with E-state index in [1.807, 2.05) is 13.0 Å². The fourth-order valence-electron chi connectivity index (χ4n) is 3.15. The molecule has 0 aliphatic heterocycles. The fraction of sp³-hybridized carbons (Fsp3) is 0.733. The van der Waals surface area contributed by atoms with Gasteiger partial charge in [0.2, 0.25) is 0 Å². The lowest BCUT2D eigenvalue weighted by atomic mass is 9.83. The first-order valence-corrected chi connectivity index (χ1v) is 7.79. The van der Waals surface area contributed by atoms with Gasteiger partial charge in [-0.05, 0) is 32.1 Å². The molecule has 6 nitrogen and oxygen atoms in total. The van der Waals surface area contributed by atoms with Crippen molar-refractivity contribution in [2.75, 3.05) is 11.9 Å². The number of hydrogen-bond donors (Lipinski definition) is 3. The van der Waals surface area contributed by atoms with Crippen molar-refractivity contribution < 1.29 is 9.90 Å². The predicted octanol–water partition coefficient (Wildman–Crippen LogP) is 2.18. The zero-order chi connectivity index (χ0) is 15.2. The van der Waals surface area contributed by atoms with Crippen molar-refractivity contribution in [3.05, 3.63) is 11.8 Å². The summed E-state index contributed by atoms with van der Waals surface area (Å²) in [5.74, 6) is 1.15. The summed E-state index contributed by atoms with van der Waals surface area (Å²) in [5.41, 5.74) is 0.868. The van der Waals surface area contributed by atoms with Crippen LogP contribution in [0.5, 0.6) is 0 Å². The number of carbonyl (C=O) groups excluding carboxylic acids is 1. The third kappa shape index (κ3) is 4.46. The molecule has 1 aromatic rings. The second-order valence-corrected chi connectivity index (χ2v) is 5.91. The largest absolute Gasteiger partial charge is 0.396 e. The van der Waals surface area contributed by atoms with Crippen molar-refractivity contribution >= 4 is 11.8 Å². The van der Waals surface area contributed by atoms with Crippen LogP contribution >= 0.6 is 0 Å². The van der Waals surface area contributed by atoms with Crippen LogP contribution in [0.15, 0.2) is 6.07 Å². The smallest absolute Gasteiger partial charge is 0.320 e. The molecule has 2 amide bonds. The van der Waals surface area contributed by atoms with Crippen LogP contribution in [0.25, 0.3) is 0 Å². The number of aryl methyl sites for hydroxylation is 2. The Balaban J connectivity index is 1.92. The number of amides is 2. The van der Waals surface area contributed by atoms with Crippen LogP contribution in [-0.2, 0) is 7.05 Å². The minimum Gasteiger partial charge on any atom is -0.396 e. The zero-order valence-corrected chi connectivity index (χ0v) is 12.9. The van der Waals surface area contributed by atoms with Crippen molar-refractivity contribution in [3.8, 4) is 0 Å². The molecule has 6 heteroatoms. The van der Waals surface area contributed by atoms with Gasteiger partial charge in [-0.1, -0.05) is 19.3 Å². The first kappa shape index (κ1) is 15.8. The molecule has 3 N–H and O–H groups in total. The van der Waals surface area contributed by atoms with E-state index in [-0.39, 0.29) is 18.7 Å². The fourth-order valence-corrected chi connectivity index (χ4v) is 3.15. The van der Waals surface area contributed by atoms with Gasteiger partial charge in [0.25, 0.3) is 0 Å². The van der Waals surface area contributed by atoms with Crippen LogP contribution in [0.2, 0.25) is 0 Å². The van der Waals surface area contributed by atoms with Crippen LogP contribution in [0, 0.1) is 12.8 Å². The standard InChI is InChI=1S/C15H26N4O2/c1-11-10-14(19(2)18-11)17-15(21)16-13(8-9-20)12-6-4-3-5-7-12/h10,12-13,20H,3-9H2,1-2H3,(H2,16,17,21). The zero-order valence-electron chi connectivity index (χ0n) is 12.9. The van der Waals surface area contributed by atoms with Crippen LogP contribution < -0.4 is 10.6 Å². The van der Waals surface area contributed by atoms with E-state index in [0.717, 1.165) is 18.5 Å². The van der Waals surface area contributed by atoms with Gasteiger partial charge in [-0.2, -0.15) is 5.10 Å². The van der Waals surface area contributed by atoms with Crippen molar-refractivity contribution in [2.24, 2.45) is 13.0 Å². The van der Waals surface area contributed by atoms with E-state index in [0.29, 0.717) is 18.2 Å². The maximum atomic E-state index is 12.2. The molecule has 0 bridgehead atoms. The number of carbonyl (C=O) groups is 1. The van der Waals surface area contributed by atoms with Gasteiger partial charge in [-0.15, -0.1) is 0 Å². The van der Waals surface area contributed by atoms with E-state index in [1.165, 1.54) is 19.3 Å². The number of anilines is 1. The Morgan fingerprint density at radius 2 is 2.19 bits per heavy atom. The lowest BCUT2D eigenvalue weighted by molar-refractivity contribution is 0.202. The van der Waals surface area contributed by atoms with Gasteiger partial charge in [-0.3, -0.25) is 10.00 Å². The Hall–Kier alpha value is -1.56. The van der Waals surface area contributed by atoms with Crippen LogP contribution in [-0.4, -0.2) is 33.6 Å². The normalized spacial score (nSPS) is 17.5. The summed E-state index contributed by atoms with van der Waals surface area (Å²) in [6.07, 6.45) is 6.60. The number of aliphatic hydroxyl groups is 1. The Labute approximate surface area is 125 Å². The Morgan fingerprint density at radius 3 is 2.76 bits per heavy atom. The lowest BCUT2D eigenvalue weighted by Gasteiger charge is -2.30. The Morgan fingerprint density at radius 1 is 1.48 bits per heavy atom. The van der Waals surface area contributed by atoms with Gasteiger partial charge in [0.1, 0.15) is 5.82 Å². The van der Waals surface area contributed by atoms with Crippen LogP contribution in [0.3, 0.4) is 0 Å². The quantitative estimate of drug-likeness (QED) is 0.779. The molecule has 1 heterocycles. The van der Waals surface area contributed by atoms with Gasteiger partial charge in [0, 0.05) is 25.8 Å². The molecule has 1 saturated carbocycles. The second kappa shape index (κ2) is 7.45. The molecule has 0 aromatic carbocycles. The van der Waals surface area contributed by atoms with Gasteiger partial charge in [0.15, 0.2) is 0 Å². The molecular weight excluding hydrogens is 268 g/mol. The highest BCUT2D eigenvalue weighted by atomic mass is 16.3. The van der Waals surface area contributed by atoms with Gasteiger partial charge in [0.05, 0.1) is 5.69 Å². The maximum Gasteiger partial charge on any atom is 0.320 e. The summed E-state index contributed by atoms with van der Waals surface area (Å²) in [6, 6.07) is 1.66. The molecule has 1 unspecified atom stereocenters. The highest BCUT2D eigenvalue weighted by molar-refractivity contribution is 5.88. The molecule has 1 fully saturated rings. The molecule has 1 aliphatic rings. The highest BCUT2D eigenvalue weighted by Gasteiger charge is 2.24. The van der Waals surface area contributed by atoms with E-state index in [9.17, 15) is 9.90 Å². The SMILES string of the molecule is Cc1cc(NC(=O)NC(CCO)C2CCCCC2)n(C)n1. The molecule has 1 atom stereocenters. The summed E-state index contributed by atoms with van der Waals surface area (Å²) in [4.78, 5) is 12.2. The topological polar surface area (TPSA) is 79.2 Å². The minimum atomic E-state index is -0.220. The number of nitrogens with one attached hydrogen (secondary N) is 2. The highest BCUT2D eigenvalue weighted by Crippen LogP contribution is 2.27. The molecule has 0 spiro atoms. The lowest BCUT2D eigenvalue weighted by Crippen LogP contribution is -2.44. The number of nitrogens with zero attached hydrogens (tertiary/aromatic N) is 2. The second-order valence-electron chi connectivity index (χ2n) is 5.91. The summed E-state index contributed by atoms with van der Waals surface area (Å²) in [7, 11) is 1.80. The third-order valence-electron chi connectivity index (χ3n) is 4.22. The third-order valence-corrected chi connectivity index (χ3v) is 4.22. The van der Waals surface area contributed by atoms with E-state index >= 15 is 0 Å². The summed E-state index contributed by atoms with van der Waals surface area (Å²) in [6.45, 7) is 1.99. The first-order valence-electron chi connectivity index (χ1n) is 7.79. The molecule has 1 aliphatic carbocycles. The predicted molar refractivity (Wildman–Crippen MR) is 82.2 cm³/mol. The molecule has 2 rings (SSSR count). The molecule has 0 radical (unpaired) electrons. The summed E-state index contributed by atoms with van der Waals surface area (Å²) >= 11 is 0.